The van der Waals surface area contributed by atoms with Crippen molar-refractivity contribution < 1.29 is 4.92 Å². The summed E-state index contributed by atoms with van der Waals surface area (Å²) in [5.74, 6) is 0. The lowest BCUT2D eigenvalue weighted by atomic mass is 10.2. The van der Waals surface area contributed by atoms with Crippen molar-refractivity contribution in [3.05, 3.63) is 44.9 Å². The fourth-order valence-electron chi connectivity index (χ4n) is 0.820. The lowest BCUT2D eigenvalue weighted by Crippen LogP contribution is -1.88. The third-order valence-electron chi connectivity index (χ3n) is 1.35. The predicted molar refractivity (Wildman–Crippen MR) is 50.9 cm³/mol. The quantitative estimate of drug-likeness (QED) is 0.576. The molecule has 0 N–H and O–H groups in total. The molecule has 0 spiro atoms. The highest BCUT2D eigenvalue weighted by atomic mass is 79.9. The molecule has 0 atom stereocenters. The topological polar surface area (TPSA) is 43.1 Å². The van der Waals surface area contributed by atoms with Gasteiger partial charge in [-0.15, -0.1) is 0 Å². The molecule has 0 saturated carbocycles. The zero-order valence-corrected chi connectivity index (χ0v) is 7.74. The third-order valence-corrected chi connectivity index (χ3v) is 1.81. The third kappa shape index (κ3) is 1.92. The summed E-state index contributed by atoms with van der Waals surface area (Å²) in [6.45, 7) is 3.53. The van der Waals surface area contributed by atoms with Gasteiger partial charge in [-0.1, -0.05) is 28.6 Å². The van der Waals surface area contributed by atoms with Crippen LogP contribution in [0.5, 0.6) is 0 Å². The SMILES string of the molecule is C=Cc1cc(Br)cc([N+](=O)[O-])c1. The highest BCUT2D eigenvalue weighted by Gasteiger charge is 2.06. The van der Waals surface area contributed by atoms with Gasteiger partial charge in [0, 0.05) is 16.6 Å². The number of halogens is 1. The molecule has 1 aromatic rings. The van der Waals surface area contributed by atoms with Gasteiger partial charge in [0.2, 0.25) is 0 Å². The van der Waals surface area contributed by atoms with Crippen LogP contribution in [0.2, 0.25) is 0 Å². The Kier molecular flexibility index (Phi) is 2.60. The summed E-state index contributed by atoms with van der Waals surface area (Å²) in [6, 6.07) is 4.69. The maximum absolute atomic E-state index is 10.4. The lowest BCUT2D eigenvalue weighted by molar-refractivity contribution is -0.384. The summed E-state index contributed by atoms with van der Waals surface area (Å²) in [6.07, 6.45) is 1.57. The Morgan fingerprint density at radius 3 is 2.67 bits per heavy atom. The van der Waals surface area contributed by atoms with Gasteiger partial charge in [-0.25, -0.2) is 0 Å². The first-order valence-electron chi connectivity index (χ1n) is 3.21. The van der Waals surface area contributed by atoms with Gasteiger partial charge in [0.1, 0.15) is 0 Å². The van der Waals surface area contributed by atoms with Crippen molar-refractivity contribution in [2.75, 3.05) is 0 Å². The van der Waals surface area contributed by atoms with Crippen LogP contribution in [0.25, 0.3) is 6.08 Å². The fraction of sp³-hybridized carbons (Fsp3) is 0. The van der Waals surface area contributed by atoms with Crippen LogP contribution in [-0.4, -0.2) is 4.92 Å². The maximum atomic E-state index is 10.4. The first-order valence-corrected chi connectivity index (χ1v) is 4.00. The number of benzene rings is 1. The number of nitrogens with zero attached hydrogens (tertiary/aromatic N) is 1. The molecule has 0 aliphatic rings. The second-order valence-corrected chi connectivity index (χ2v) is 3.12. The standard InChI is InChI=1S/C8H6BrNO2/c1-2-6-3-7(9)5-8(4-6)10(11)12/h2-5H,1H2. The second kappa shape index (κ2) is 3.49. The zero-order chi connectivity index (χ0) is 9.14. The smallest absolute Gasteiger partial charge is 0.258 e. The van der Waals surface area contributed by atoms with Crippen LogP contribution in [0.1, 0.15) is 5.56 Å². The molecule has 0 heterocycles. The van der Waals surface area contributed by atoms with Crippen LogP contribution in [-0.2, 0) is 0 Å². The number of nitro benzene ring substituents is 1. The molecule has 0 fully saturated rings. The zero-order valence-electron chi connectivity index (χ0n) is 6.16. The van der Waals surface area contributed by atoms with Crippen LogP contribution in [0, 0.1) is 10.1 Å². The number of non-ortho nitro benzene ring substituents is 1. The summed E-state index contributed by atoms with van der Waals surface area (Å²) < 4.78 is 0.687. The normalized spacial score (nSPS) is 9.42. The van der Waals surface area contributed by atoms with Gasteiger partial charge < -0.3 is 0 Å². The van der Waals surface area contributed by atoms with E-state index in [1.54, 1.807) is 12.1 Å². The Balaban J connectivity index is 3.23. The minimum absolute atomic E-state index is 0.0688. The molecule has 1 rings (SSSR count). The van der Waals surface area contributed by atoms with Crippen molar-refractivity contribution in [3.8, 4) is 0 Å². The lowest BCUT2D eigenvalue weighted by Gasteiger charge is -1.95. The molecule has 0 aromatic heterocycles. The largest absolute Gasteiger partial charge is 0.271 e. The van der Waals surface area contributed by atoms with Gasteiger partial charge in [0.15, 0.2) is 0 Å². The first-order chi connectivity index (χ1) is 5.63. The molecule has 3 nitrogen and oxygen atoms in total. The van der Waals surface area contributed by atoms with Gasteiger partial charge in [-0.3, -0.25) is 10.1 Å². The van der Waals surface area contributed by atoms with Crippen LogP contribution < -0.4 is 0 Å². The van der Waals surface area contributed by atoms with Gasteiger partial charge >= 0.3 is 0 Å². The van der Waals surface area contributed by atoms with E-state index in [2.05, 4.69) is 22.5 Å². The molecule has 0 bridgehead atoms. The molecular weight excluding hydrogens is 222 g/mol. The van der Waals surface area contributed by atoms with Crippen molar-refractivity contribution in [1.82, 2.24) is 0 Å². The summed E-state index contributed by atoms with van der Waals surface area (Å²) in [5, 5.41) is 10.4. The van der Waals surface area contributed by atoms with Crippen LogP contribution in [0.15, 0.2) is 29.3 Å². The highest BCUT2D eigenvalue weighted by molar-refractivity contribution is 9.10. The van der Waals surface area contributed by atoms with E-state index in [1.165, 1.54) is 12.1 Å². The van der Waals surface area contributed by atoms with Gasteiger partial charge in [0.25, 0.3) is 5.69 Å². The van der Waals surface area contributed by atoms with Gasteiger partial charge in [-0.05, 0) is 11.6 Å². The molecule has 0 radical (unpaired) electrons. The van der Waals surface area contributed by atoms with Crippen molar-refractivity contribution in [2.45, 2.75) is 0 Å². The highest BCUT2D eigenvalue weighted by Crippen LogP contribution is 2.21. The number of nitro groups is 1. The molecule has 4 heteroatoms. The van der Waals surface area contributed by atoms with Crippen LogP contribution in [0.4, 0.5) is 5.69 Å². The number of rotatable bonds is 2. The van der Waals surface area contributed by atoms with E-state index in [9.17, 15) is 10.1 Å². The number of hydrogen-bond donors (Lipinski definition) is 0. The average Bonchev–Trinajstić information content (AvgIpc) is 2.03. The van der Waals surface area contributed by atoms with E-state index >= 15 is 0 Å². The Labute approximate surface area is 78.0 Å². The van der Waals surface area contributed by atoms with Crippen molar-refractivity contribution >= 4 is 27.7 Å². The Hall–Kier alpha value is -1.16. The van der Waals surface area contributed by atoms with Crippen LogP contribution >= 0.6 is 15.9 Å². The summed E-state index contributed by atoms with van der Waals surface area (Å²) in [5.41, 5.74) is 0.801. The van der Waals surface area contributed by atoms with Gasteiger partial charge in [0.05, 0.1) is 4.92 Å². The van der Waals surface area contributed by atoms with Crippen molar-refractivity contribution in [1.29, 1.82) is 0 Å². The molecule has 0 saturated heterocycles. The minimum Gasteiger partial charge on any atom is -0.258 e. The second-order valence-electron chi connectivity index (χ2n) is 2.20. The minimum atomic E-state index is -0.433. The fourth-order valence-corrected chi connectivity index (χ4v) is 1.32. The monoisotopic (exact) mass is 227 g/mol. The molecule has 0 unspecified atom stereocenters. The number of hydrogen-bond acceptors (Lipinski definition) is 2. The van der Waals surface area contributed by atoms with Crippen LogP contribution in [0.3, 0.4) is 0 Å². The molecule has 62 valence electrons. The molecule has 0 amide bonds. The summed E-state index contributed by atoms with van der Waals surface area (Å²) in [7, 11) is 0. The molecule has 12 heavy (non-hydrogen) atoms. The Morgan fingerprint density at radius 1 is 1.50 bits per heavy atom. The van der Waals surface area contributed by atoms with E-state index in [0.29, 0.717) is 4.47 Å². The van der Waals surface area contributed by atoms with Gasteiger partial charge in [-0.2, -0.15) is 0 Å². The van der Waals surface area contributed by atoms with Crippen molar-refractivity contribution in [2.24, 2.45) is 0 Å². The molecule has 0 aliphatic heterocycles. The summed E-state index contributed by atoms with van der Waals surface area (Å²) in [4.78, 5) is 9.94. The Morgan fingerprint density at radius 2 is 2.17 bits per heavy atom. The predicted octanol–water partition coefficient (Wildman–Crippen LogP) is 3.00. The van der Waals surface area contributed by atoms with E-state index < -0.39 is 4.92 Å². The Bertz CT molecular complexity index is 336. The van der Waals surface area contributed by atoms with E-state index in [4.69, 9.17) is 0 Å². The average molecular weight is 228 g/mol. The molecule has 0 aliphatic carbocycles. The van der Waals surface area contributed by atoms with E-state index in [1.807, 2.05) is 0 Å². The summed E-state index contributed by atoms with van der Waals surface area (Å²) >= 11 is 3.17. The van der Waals surface area contributed by atoms with Crippen molar-refractivity contribution in [3.63, 3.8) is 0 Å². The van der Waals surface area contributed by atoms with E-state index in [0.717, 1.165) is 5.56 Å². The molecular formula is C8H6BrNO2. The molecule has 1 aromatic carbocycles. The first kappa shape index (κ1) is 8.93. The maximum Gasteiger partial charge on any atom is 0.271 e. The van der Waals surface area contributed by atoms with E-state index in [-0.39, 0.29) is 5.69 Å².